The summed E-state index contributed by atoms with van der Waals surface area (Å²) in [4.78, 5) is 0. The highest BCUT2D eigenvalue weighted by Crippen LogP contribution is 2.32. The monoisotopic (exact) mass is 458 g/mol. The van der Waals surface area contributed by atoms with Crippen molar-refractivity contribution < 1.29 is 45.3 Å². The Morgan fingerprint density at radius 1 is 0.690 bits per heavy atom. The van der Waals surface area contributed by atoms with E-state index >= 15 is 0 Å². The molecule has 0 amide bonds. The zero-order valence-corrected chi connectivity index (χ0v) is 17.8. The summed E-state index contributed by atoms with van der Waals surface area (Å²) >= 11 is 0. The molecule has 0 aliphatic rings. The van der Waals surface area contributed by atoms with Crippen LogP contribution in [0.25, 0.3) is 0 Å². The normalized spacial score (nSPS) is 10.7. The van der Waals surface area contributed by atoms with E-state index in [2.05, 4.69) is 13.8 Å². The van der Waals surface area contributed by atoms with Crippen molar-refractivity contribution in [2.75, 3.05) is 0 Å². The molecule has 0 heterocycles. The van der Waals surface area contributed by atoms with Gasteiger partial charge in [0.1, 0.15) is 11.5 Å². The summed E-state index contributed by atoms with van der Waals surface area (Å²) < 4.78 is 65.7. The van der Waals surface area contributed by atoms with Crippen molar-refractivity contribution in [1.82, 2.24) is 12.3 Å². The molecule has 0 saturated heterocycles. The van der Waals surface area contributed by atoms with Crippen LogP contribution in [0.5, 0.6) is 11.5 Å². The third-order valence-corrected chi connectivity index (χ3v) is 3.18. The van der Waals surface area contributed by atoms with Gasteiger partial charge in [-0.1, -0.05) is 38.1 Å². The van der Waals surface area contributed by atoms with Gasteiger partial charge in [-0.25, -0.2) is 0 Å². The highest BCUT2D eigenvalue weighted by atomic mass is 32.3. The van der Waals surface area contributed by atoms with E-state index in [1.54, 1.807) is 24.3 Å². The first-order valence-corrected chi connectivity index (χ1v) is 9.69. The Morgan fingerprint density at radius 3 is 1.03 bits per heavy atom. The maximum Gasteiger partial charge on any atom is 0.394 e. The van der Waals surface area contributed by atoms with Gasteiger partial charge in [0.25, 0.3) is 0 Å². The van der Waals surface area contributed by atoms with Gasteiger partial charge in [-0.15, -0.1) is 0 Å². The second-order valence-electron chi connectivity index (χ2n) is 5.57. The lowest BCUT2D eigenvalue weighted by molar-refractivity contribution is 0.352. The number of benzene rings is 2. The molecule has 2 rings (SSSR count). The topological polar surface area (TPSA) is 268 Å². The van der Waals surface area contributed by atoms with Gasteiger partial charge < -0.3 is 31.6 Å². The van der Waals surface area contributed by atoms with Crippen LogP contribution in [0.4, 0.5) is 0 Å². The highest BCUT2D eigenvalue weighted by molar-refractivity contribution is 7.80. The van der Waals surface area contributed by atoms with Crippen molar-refractivity contribution >= 4 is 20.8 Å². The van der Waals surface area contributed by atoms with E-state index in [1.165, 1.54) is 0 Å². The molecule has 168 valence electrons. The summed E-state index contributed by atoms with van der Waals surface area (Å²) in [6.45, 7) is 4.23. The average Bonchev–Trinajstić information content (AvgIpc) is 2.44. The standard InChI is InChI=1S/C15H16O2.2H3N.2H2O4S/c1-15(2,11-3-7-13(16)8-4-11)12-5-9-14(17)10-6-12;;;2*1-5(2,3)4/h3-10,16-17H,1-2H3;2*1H3;2*(H2,1,2,3,4). The zero-order valence-electron chi connectivity index (χ0n) is 16.2. The Labute approximate surface area is 169 Å². The second kappa shape index (κ2) is 12.3. The molecule has 0 aliphatic heterocycles. The van der Waals surface area contributed by atoms with Crippen LogP contribution in [-0.2, 0) is 26.2 Å². The van der Waals surface area contributed by atoms with Crippen LogP contribution in [0.1, 0.15) is 25.0 Å². The Balaban J connectivity index is -0.000000477. The molecular formula is C15H26N2O10S2. The molecule has 0 bridgehead atoms. The molecular weight excluding hydrogens is 432 g/mol. The number of aromatic hydroxyl groups is 2. The zero-order chi connectivity index (χ0) is 21.5. The summed E-state index contributed by atoms with van der Waals surface area (Å²) in [5.41, 5.74) is 2.10. The lowest BCUT2D eigenvalue weighted by atomic mass is 9.78. The van der Waals surface area contributed by atoms with Gasteiger partial charge in [-0.3, -0.25) is 17.5 Å². The van der Waals surface area contributed by atoms with E-state index in [4.69, 9.17) is 35.0 Å². The molecule has 2 aromatic carbocycles. The van der Waals surface area contributed by atoms with E-state index in [1.807, 2.05) is 24.3 Å². The fourth-order valence-electron chi connectivity index (χ4n) is 1.92. The molecule has 0 aliphatic carbocycles. The smallest absolute Gasteiger partial charge is 0.394 e. The van der Waals surface area contributed by atoms with Gasteiger partial charge >= 0.3 is 10.4 Å². The van der Waals surface area contributed by atoms with E-state index < -0.39 is 20.8 Å². The Morgan fingerprint density at radius 2 is 0.862 bits per heavy atom. The minimum absolute atomic E-state index is 0. The molecule has 14 heteroatoms. The van der Waals surface area contributed by atoms with Crippen molar-refractivity contribution in [3.05, 3.63) is 59.7 Å². The van der Waals surface area contributed by atoms with E-state index in [0.717, 1.165) is 11.1 Å². The van der Waals surface area contributed by atoms with Crippen molar-refractivity contribution in [1.29, 1.82) is 0 Å². The van der Waals surface area contributed by atoms with Crippen LogP contribution in [0.15, 0.2) is 48.5 Å². The van der Waals surface area contributed by atoms with Crippen LogP contribution in [0.3, 0.4) is 0 Å². The molecule has 0 aromatic heterocycles. The number of phenols is 2. The van der Waals surface area contributed by atoms with Gasteiger partial charge in [0.15, 0.2) is 0 Å². The van der Waals surface area contributed by atoms with Gasteiger partial charge in [-0.05, 0) is 35.4 Å². The van der Waals surface area contributed by atoms with Crippen molar-refractivity contribution in [3.63, 3.8) is 0 Å². The fourth-order valence-corrected chi connectivity index (χ4v) is 1.92. The SMILES string of the molecule is CC(C)(c1ccc(O)cc1)c1ccc(O)cc1.O=S(=O)(O)O.O=S(=O)([O-])[O-].[NH4+].[NH4+]. The first kappa shape index (κ1) is 31.4. The lowest BCUT2D eigenvalue weighted by Gasteiger charge is -2.26. The minimum atomic E-state index is -5.17. The van der Waals surface area contributed by atoms with E-state index in [9.17, 15) is 10.2 Å². The molecule has 12 N–H and O–H groups in total. The Kier molecular flexibility index (Phi) is 13.3. The summed E-state index contributed by atoms with van der Waals surface area (Å²) in [6.07, 6.45) is 0. The third-order valence-electron chi connectivity index (χ3n) is 3.18. The molecule has 0 fully saturated rings. The van der Waals surface area contributed by atoms with Crippen LogP contribution < -0.4 is 12.3 Å². The number of rotatable bonds is 2. The lowest BCUT2D eigenvalue weighted by Crippen LogP contribution is -2.18. The Hall–Kier alpha value is -2.30. The first-order valence-electron chi connectivity index (χ1n) is 6.96. The van der Waals surface area contributed by atoms with Crippen molar-refractivity contribution in [2.24, 2.45) is 0 Å². The van der Waals surface area contributed by atoms with Crippen LogP contribution in [0, 0.1) is 0 Å². The average molecular weight is 459 g/mol. The van der Waals surface area contributed by atoms with Crippen LogP contribution >= 0.6 is 0 Å². The third kappa shape index (κ3) is 16.4. The van der Waals surface area contributed by atoms with Crippen LogP contribution in [-0.4, -0.2) is 45.3 Å². The Bertz CT molecular complexity index is 833. The molecule has 0 radical (unpaired) electrons. The van der Waals surface area contributed by atoms with Crippen molar-refractivity contribution in [3.8, 4) is 11.5 Å². The fraction of sp³-hybridized carbons (Fsp3) is 0.200. The summed E-state index contributed by atoms with van der Waals surface area (Å²) in [7, 11) is -9.83. The summed E-state index contributed by atoms with van der Waals surface area (Å²) in [6, 6.07) is 14.4. The number of phenolic OH excluding ortho intramolecular Hbond substituents is 2. The van der Waals surface area contributed by atoms with E-state index in [-0.39, 0.29) is 29.2 Å². The number of hydrogen-bond donors (Lipinski definition) is 6. The predicted molar refractivity (Wildman–Crippen MR) is 105 cm³/mol. The van der Waals surface area contributed by atoms with Gasteiger partial charge in [0, 0.05) is 15.8 Å². The predicted octanol–water partition coefficient (Wildman–Crippen LogP) is 2.19. The van der Waals surface area contributed by atoms with Crippen molar-refractivity contribution in [2.45, 2.75) is 19.3 Å². The highest BCUT2D eigenvalue weighted by Gasteiger charge is 2.22. The summed E-state index contributed by atoms with van der Waals surface area (Å²) in [5.74, 6) is 0.547. The van der Waals surface area contributed by atoms with Gasteiger partial charge in [0.05, 0.1) is 0 Å². The molecule has 0 atom stereocenters. The second-order valence-corrected chi connectivity index (χ2v) is 7.29. The first-order chi connectivity index (χ1) is 12.0. The quantitative estimate of drug-likeness (QED) is 0.282. The van der Waals surface area contributed by atoms with Gasteiger partial charge in [-0.2, -0.15) is 8.42 Å². The maximum absolute atomic E-state index is 9.30. The molecule has 0 unspecified atom stereocenters. The van der Waals surface area contributed by atoms with E-state index in [0.29, 0.717) is 0 Å². The van der Waals surface area contributed by atoms with Crippen LogP contribution in [0.2, 0.25) is 0 Å². The molecule has 2 aromatic rings. The molecule has 0 saturated carbocycles. The molecule has 0 spiro atoms. The largest absolute Gasteiger partial charge is 0.759 e. The number of hydrogen-bond acceptors (Lipinski definition) is 8. The summed E-state index contributed by atoms with van der Waals surface area (Å²) in [5, 5.41) is 18.6. The number of quaternary nitrogens is 2. The maximum atomic E-state index is 9.30. The van der Waals surface area contributed by atoms with Gasteiger partial charge in [0.2, 0.25) is 0 Å². The molecule has 12 nitrogen and oxygen atoms in total. The molecule has 29 heavy (non-hydrogen) atoms. The minimum Gasteiger partial charge on any atom is -0.759 e.